The molecule has 2 nitrogen and oxygen atoms in total. The minimum atomic E-state index is 0.762. The second-order valence-electron chi connectivity index (χ2n) is 5.71. The quantitative estimate of drug-likeness (QED) is 0.735. The number of hydrogen-bond donors (Lipinski definition) is 1. The van der Waals surface area contributed by atoms with E-state index >= 15 is 0 Å². The van der Waals surface area contributed by atoms with Gasteiger partial charge in [-0.25, -0.2) is 0 Å². The summed E-state index contributed by atoms with van der Waals surface area (Å²) in [5, 5.41) is 3.47. The van der Waals surface area contributed by atoms with Gasteiger partial charge in [-0.3, -0.25) is 0 Å². The predicted molar refractivity (Wildman–Crippen MR) is 86.7 cm³/mol. The molecular formula is C19H23NO. The molecule has 0 bridgehead atoms. The molecule has 0 unspecified atom stereocenters. The number of ether oxygens (including phenoxy) is 1. The summed E-state index contributed by atoms with van der Waals surface area (Å²) in [6.07, 6.45) is 3.77. The van der Waals surface area contributed by atoms with E-state index in [0.29, 0.717) is 0 Å². The van der Waals surface area contributed by atoms with E-state index in [1.54, 1.807) is 0 Å². The summed E-state index contributed by atoms with van der Waals surface area (Å²) in [5.41, 5.74) is 2.87. The maximum Gasteiger partial charge on any atom is 0.119 e. The minimum absolute atomic E-state index is 0.762. The number of rotatable bonds is 8. The van der Waals surface area contributed by atoms with Crippen molar-refractivity contribution in [1.82, 2.24) is 5.32 Å². The monoisotopic (exact) mass is 281 g/mol. The summed E-state index contributed by atoms with van der Waals surface area (Å²) in [4.78, 5) is 0. The van der Waals surface area contributed by atoms with Crippen molar-refractivity contribution in [2.24, 2.45) is 0 Å². The molecule has 1 saturated carbocycles. The average Bonchev–Trinajstić information content (AvgIpc) is 3.37. The van der Waals surface area contributed by atoms with Gasteiger partial charge >= 0.3 is 0 Å². The molecule has 0 saturated heterocycles. The van der Waals surface area contributed by atoms with Gasteiger partial charge in [-0.15, -0.1) is 0 Å². The van der Waals surface area contributed by atoms with Crippen LogP contribution in [0.15, 0.2) is 54.6 Å². The van der Waals surface area contributed by atoms with Gasteiger partial charge in [0, 0.05) is 6.54 Å². The molecule has 0 aromatic heterocycles. The molecule has 0 spiro atoms. The average molecular weight is 281 g/mol. The van der Waals surface area contributed by atoms with Crippen molar-refractivity contribution in [1.29, 1.82) is 0 Å². The first-order chi connectivity index (χ1) is 10.4. The molecule has 110 valence electrons. The topological polar surface area (TPSA) is 21.3 Å². The van der Waals surface area contributed by atoms with Gasteiger partial charge in [-0.1, -0.05) is 42.5 Å². The second kappa shape index (κ2) is 7.28. The molecule has 0 radical (unpaired) electrons. The van der Waals surface area contributed by atoms with E-state index in [1.165, 1.54) is 24.0 Å². The lowest BCUT2D eigenvalue weighted by atomic mass is 10.1. The fraction of sp³-hybridized carbons (Fsp3) is 0.368. The van der Waals surface area contributed by atoms with E-state index in [1.807, 2.05) is 30.3 Å². The molecule has 1 aliphatic carbocycles. The van der Waals surface area contributed by atoms with Crippen LogP contribution in [0.4, 0.5) is 0 Å². The fourth-order valence-electron chi connectivity index (χ4n) is 2.46. The minimum Gasteiger partial charge on any atom is -0.494 e. The summed E-state index contributed by atoms with van der Waals surface area (Å²) in [7, 11) is 0. The highest BCUT2D eigenvalue weighted by molar-refractivity contribution is 5.28. The van der Waals surface area contributed by atoms with Crippen molar-refractivity contribution in [2.75, 3.05) is 13.2 Å². The van der Waals surface area contributed by atoms with Crippen LogP contribution in [0.5, 0.6) is 5.75 Å². The van der Waals surface area contributed by atoms with Gasteiger partial charge in [0.15, 0.2) is 0 Å². The van der Waals surface area contributed by atoms with Crippen LogP contribution in [0, 0.1) is 0 Å². The maximum absolute atomic E-state index is 5.67. The normalized spacial score (nSPS) is 14.1. The Morgan fingerprint density at radius 3 is 2.43 bits per heavy atom. The lowest BCUT2D eigenvalue weighted by Gasteiger charge is -2.08. The zero-order valence-electron chi connectivity index (χ0n) is 12.4. The number of nitrogens with one attached hydrogen (secondary N) is 1. The third-order valence-electron chi connectivity index (χ3n) is 3.87. The smallest absolute Gasteiger partial charge is 0.119 e. The highest BCUT2D eigenvalue weighted by Gasteiger charge is 2.22. The van der Waals surface area contributed by atoms with Gasteiger partial charge in [0.1, 0.15) is 5.75 Å². The zero-order valence-corrected chi connectivity index (χ0v) is 12.4. The first kappa shape index (κ1) is 14.2. The molecule has 21 heavy (non-hydrogen) atoms. The van der Waals surface area contributed by atoms with E-state index in [9.17, 15) is 0 Å². The first-order valence-corrected chi connectivity index (χ1v) is 7.89. The van der Waals surface area contributed by atoms with Gasteiger partial charge in [0.25, 0.3) is 0 Å². The molecule has 3 rings (SSSR count). The fourth-order valence-corrected chi connectivity index (χ4v) is 2.46. The molecule has 2 aromatic rings. The summed E-state index contributed by atoms with van der Waals surface area (Å²) >= 11 is 0. The Morgan fingerprint density at radius 1 is 0.952 bits per heavy atom. The van der Waals surface area contributed by atoms with Crippen molar-refractivity contribution in [2.45, 2.75) is 31.7 Å². The lowest BCUT2D eigenvalue weighted by Crippen LogP contribution is -2.17. The molecule has 2 aromatic carbocycles. The van der Waals surface area contributed by atoms with E-state index in [-0.39, 0.29) is 0 Å². The second-order valence-corrected chi connectivity index (χ2v) is 5.71. The van der Waals surface area contributed by atoms with Crippen molar-refractivity contribution in [3.05, 3.63) is 65.7 Å². The highest BCUT2D eigenvalue weighted by atomic mass is 16.5. The molecule has 0 atom stereocenters. The molecule has 1 fully saturated rings. The Morgan fingerprint density at radius 2 is 1.71 bits per heavy atom. The first-order valence-electron chi connectivity index (χ1n) is 7.89. The Balaban J connectivity index is 1.29. The van der Waals surface area contributed by atoms with E-state index in [4.69, 9.17) is 4.74 Å². The van der Waals surface area contributed by atoms with Crippen LogP contribution in [-0.2, 0) is 6.54 Å². The van der Waals surface area contributed by atoms with Gasteiger partial charge in [-0.2, -0.15) is 0 Å². The van der Waals surface area contributed by atoms with Gasteiger partial charge in [0.05, 0.1) is 6.61 Å². The predicted octanol–water partition coefficient (Wildman–Crippen LogP) is 4.12. The summed E-state index contributed by atoms with van der Waals surface area (Å²) in [6.45, 7) is 2.69. The molecule has 1 N–H and O–H groups in total. The molecular weight excluding hydrogens is 258 g/mol. The Labute approximate surface area is 127 Å². The molecule has 0 aliphatic heterocycles. The number of hydrogen-bond acceptors (Lipinski definition) is 2. The summed E-state index contributed by atoms with van der Waals surface area (Å²) in [6, 6.07) is 19.1. The maximum atomic E-state index is 5.67. The van der Waals surface area contributed by atoms with Crippen LogP contribution in [0.3, 0.4) is 0 Å². The third-order valence-corrected chi connectivity index (χ3v) is 3.87. The van der Waals surface area contributed by atoms with Crippen molar-refractivity contribution in [3.8, 4) is 5.75 Å². The van der Waals surface area contributed by atoms with Gasteiger partial charge < -0.3 is 10.1 Å². The van der Waals surface area contributed by atoms with E-state index in [2.05, 4.69) is 29.6 Å². The molecule has 1 aliphatic rings. The summed E-state index contributed by atoms with van der Waals surface area (Å²) < 4.78 is 5.67. The van der Waals surface area contributed by atoms with Crippen LogP contribution < -0.4 is 10.1 Å². The number of para-hydroxylation sites is 1. The van der Waals surface area contributed by atoms with Crippen molar-refractivity contribution in [3.63, 3.8) is 0 Å². The molecule has 2 heteroatoms. The van der Waals surface area contributed by atoms with Gasteiger partial charge in [-0.05, 0) is 55.0 Å². The number of benzene rings is 2. The highest BCUT2D eigenvalue weighted by Crippen LogP contribution is 2.39. The zero-order chi connectivity index (χ0) is 14.3. The third kappa shape index (κ3) is 4.61. The van der Waals surface area contributed by atoms with E-state index in [0.717, 1.165) is 37.8 Å². The van der Waals surface area contributed by atoms with Crippen molar-refractivity contribution >= 4 is 0 Å². The van der Waals surface area contributed by atoms with Crippen LogP contribution in [0.25, 0.3) is 0 Å². The lowest BCUT2D eigenvalue weighted by molar-refractivity contribution is 0.308. The molecule has 0 heterocycles. The summed E-state index contributed by atoms with van der Waals surface area (Å²) in [5.74, 6) is 1.80. The van der Waals surface area contributed by atoms with Crippen molar-refractivity contribution < 1.29 is 4.74 Å². The Bertz CT molecular complexity index is 531. The van der Waals surface area contributed by atoms with Crippen LogP contribution in [-0.4, -0.2) is 13.2 Å². The molecule has 0 amide bonds. The largest absolute Gasteiger partial charge is 0.494 e. The Hall–Kier alpha value is -1.80. The van der Waals surface area contributed by atoms with Crippen LogP contribution >= 0.6 is 0 Å². The SMILES string of the molecule is c1ccc(OCCCNCc2ccc(C3CC3)cc2)cc1. The Kier molecular flexibility index (Phi) is 4.90. The van der Waals surface area contributed by atoms with Crippen LogP contribution in [0.2, 0.25) is 0 Å². The van der Waals surface area contributed by atoms with E-state index < -0.39 is 0 Å². The van der Waals surface area contributed by atoms with Crippen LogP contribution in [0.1, 0.15) is 36.3 Å². The van der Waals surface area contributed by atoms with Gasteiger partial charge in [0.2, 0.25) is 0 Å². The standard InChI is InChI=1S/C19H23NO/c1-2-5-19(6-3-1)21-14-4-13-20-15-16-7-9-17(10-8-16)18-11-12-18/h1-3,5-10,18,20H,4,11-15H2.